The van der Waals surface area contributed by atoms with Crippen LogP contribution in [0, 0.1) is 11.3 Å². The second-order valence-corrected chi connectivity index (χ2v) is 7.96. The van der Waals surface area contributed by atoms with E-state index in [-0.39, 0.29) is 12.5 Å². The molecule has 186 valence electrons. The van der Waals surface area contributed by atoms with Crippen LogP contribution < -0.4 is 23.8 Å². The number of amides is 1. The predicted octanol–water partition coefficient (Wildman–Crippen LogP) is 2.77. The highest BCUT2D eigenvalue weighted by atomic mass is 16.5. The number of hydrogen-bond acceptors (Lipinski definition) is 9. The fraction of sp³-hybridized carbons (Fsp3) is 0.308. The van der Waals surface area contributed by atoms with Gasteiger partial charge in [0.1, 0.15) is 11.8 Å². The third-order valence-electron chi connectivity index (χ3n) is 5.93. The predicted molar refractivity (Wildman–Crippen MR) is 133 cm³/mol. The summed E-state index contributed by atoms with van der Waals surface area (Å²) in [6.07, 6.45) is 0. The van der Waals surface area contributed by atoms with Crippen molar-refractivity contribution in [3.8, 4) is 40.3 Å². The van der Waals surface area contributed by atoms with Gasteiger partial charge in [-0.05, 0) is 36.4 Å². The number of carbonyl (C=O) groups is 1. The first kappa shape index (κ1) is 24.6. The van der Waals surface area contributed by atoms with Gasteiger partial charge in [-0.1, -0.05) is 12.1 Å². The Labute approximate surface area is 209 Å². The van der Waals surface area contributed by atoms with E-state index in [1.807, 2.05) is 24.3 Å². The van der Waals surface area contributed by atoms with Gasteiger partial charge in [0, 0.05) is 31.7 Å². The van der Waals surface area contributed by atoms with Gasteiger partial charge in [0.05, 0.1) is 32.6 Å². The molecule has 10 nitrogen and oxygen atoms in total. The number of para-hydroxylation sites is 1. The number of benzene rings is 2. The number of nitrogens with zero attached hydrogens (tertiary/aromatic N) is 5. The topological polar surface area (TPSA) is 110 Å². The summed E-state index contributed by atoms with van der Waals surface area (Å²) in [5.41, 5.74) is 1.86. The molecule has 0 unspecified atom stereocenters. The summed E-state index contributed by atoms with van der Waals surface area (Å²) in [6.45, 7) is 2.22. The van der Waals surface area contributed by atoms with Gasteiger partial charge in [-0.25, -0.2) is 0 Å². The largest absolute Gasteiger partial charge is 0.493 e. The van der Waals surface area contributed by atoms with Crippen molar-refractivity contribution in [3.63, 3.8) is 0 Å². The van der Waals surface area contributed by atoms with Crippen molar-refractivity contribution in [2.75, 3.05) is 59.0 Å². The maximum atomic E-state index is 12.6. The van der Waals surface area contributed by atoms with Crippen LogP contribution in [0.1, 0.15) is 5.56 Å². The highest BCUT2D eigenvalue weighted by Gasteiger charge is 2.23. The van der Waals surface area contributed by atoms with Crippen LogP contribution in [-0.4, -0.2) is 75.1 Å². The third-order valence-corrected chi connectivity index (χ3v) is 5.93. The molecule has 36 heavy (non-hydrogen) atoms. The minimum atomic E-state index is -0.119. The highest BCUT2D eigenvalue weighted by Crippen LogP contribution is 2.40. The van der Waals surface area contributed by atoms with Crippen LogP contribution in [-0.2, 0) is 4.79 Å². The smallest absolute Gasteiger partial charge is 0.260 e. The zero-order chi connectivity index (χ0) is 25.5. The molecule has 0 radical (unpaired) electrons. The number of ether oxygens (including phenoxy) is 4. The lowest BCUT2D eigenvalue weighted by Gasteiger charge is -2.35. The summed E-state index contributed by atoms with van der Waals surface area (Å²) in [7, 11) is 4.69. The Kier molecular flexibility index (Phi) is 7.70. The average Bonchev–Trinajstić information content (AvgIpc) is 2.95. The molecule has 10 heteroatoms. The standard InChI is InChI=1S/C26H27N5O5/c1-33-22-14-19(15-23(34-2)26(22)35-3)20-8-9-24(29-28-20)30-10-12-31(13-11-30)25(32)17-36-21-7-5-4-6-18(21)16-27/h4-9,14-15H,10-13,17H2,1-3H3. The molecule has 1 saturated heterocycles. The van der Waals surface area contributed by atoms with Crippen molar-refractivity contribution >= 4 is 11.7 Å². The number of nitriles is 1. The first-order valence-corrected chi connectivity index (χ1v) is 11.4. The lowest BCUT2D eigenvalue weighted by atomic mass is 10.1. The van der Waals surface area contributed by atoms with Crippen LogP contribution in [0.2, 0.25) is 0 Å². The second kappa shape index (κ2) is 11.3. The molecule has 1 aromatic heterocycles. The molecular weight excluding hydrogens is 462 g/mol. The van der Waals surface area contributed by atoms with E-state index < -0.39 is 0 Å². The van der Waals surface area contributed by atoms with Crippen LogP contribution in [0.15, 0.2) is 48.5 Å². The van der Waals surface area contributed by atoms with E-state index in [4.69, 9.17) is 24.2 Å². The van der Waals surface area contributed by atoms with Gasteiger partial charge >= 0.3 is 0 Å². The van der Waals surface area contributed by atoms with Crippen LogP contribution in [0.4, 0.5) is 5.82 Å². The summed E-state index contributed by atoms with van der Waals surface area (Å²) in [6, 6.07) is 16.4. The van der Waals surface area contributed by atoms with E-state index in [9.17, 15) is 4.79 Å². The SMILES string of the molecule is COc1cc(-c2ccc(N3CCN(C(=O)COc4ccccc4C#N)CC3)nn2)cc(OC)c1OC. The van der Waals surface area contributed by atoms with E-state index in [1.165, 1.54) is 0 Å². The summed E-state index contributed by atoms with van der Waals surface area (Å²) < 4.78 is 21.8. The van der Waals surface area contributed by atoms with Crippen molar-refractivity contribution in [1.82, 2.24) is 15.1 Å². The highest BCUT2D eigenvalue weighted by molar-refractivity contribution is 5.78. The molecule has 0 aliphatic carbocycles. The number of piperazine rings is 1. The van der Waals surface area contributed by atoms with Gasteiger partial charge in [-0.15, -0.1) is 10.2 Å². The van der Waals surface area contributed by atoms with Gasteiger partial charge in [0.15, 0.2) is 23.9 Å². The third kappa shape index (κ3) is 5.25. The molecule has 0 spiro atoms. The maximum absolute atomic E-state index is 12.6. The van der Waals surface area contributed by atoms with Gasteiger partial charge in [-0.2, -0.15) is 5.26 Å². The molecule has 1 amide bonds. The fourth-order valence-corrected chi connectivity index (χ4v) is 3.98. The molecule has 0 N–H and O–H groups in total. The van der Waals surface area contributed by atoms with E-state index in [2.05, 4.69) is 21.2 Å². The van der Waals surface area contributed by atoms with Gasteiger partial charge < -0.3 is 28.7 Å². The summed E-state index contributed by atoms with van der Waals surface area (Å²) in [5.74, 6) is 2.62. The molecule has 0 saturated carbocycles. The summed E-state index contributed by atoms with van der Waals surface area (Å²) >= 11 is 0. The lowest BCUT2D eigenvalue weighted by Crippen LogP contribution is -2.50. The molecule has 0 atom stereocenters. The molecule has 1 fully saturated rings. The number of aromatic nitrogens is 2. The Morgan fingerprint density at radius 1 is 0.917 bits per heavy atom. The average molecular weight is 490 g/mol. The van der Waals surface area contributed by atoms with Crippen molar-refractivity contribution in [2.24, 2.45) is 0 Å². The van der Waals surface area contributed by atoms with Crippen LogP contribution >= 0.6 is 0 Å². The maximum Gasteiger partial charge on any atom is 0.260 e. The Balaban J connectivity index is 1.36. The van der Waals surface area contributed by atoms with Crippen molar-refractivity contribution in [1.29, 1.82) is 5.26 Å². The van der Waals surface area contributed by atoms with Gasteiger partial charge in [0.2, 0.25) is 5.75 Å². The Bertz CT molecular complexity index is 1230. The monoisotopic (exact) mass is 489 g/mol. The van der Waals surface area contributed by atoms with Crippen LogP contribution in [0.3, 0.4) is 0 Å². The lowest BCUT2D eigenvalue weighted by molar-refractivity contribution is -0.133. The molecule has 4 rings (SSSR count). The van der Waals surface area contributed by atoms with E-state index in [0.717, 1.165) is 11.4 Å². The number of carbonyl (C=O) groups excluding carboxylic acids is 1. The Morgan fingerprint density at radius 2 is 1.61 bits per heavy atom. The fourth-order valence-electron chi connectivity index (χ4n) is 3.98. The Hall–Kier alpha value is -4.52. The number of hydrogen-bond donors (Lipinski definition) is 0. The van der Waals surface area contributed by atoms with Gasteiger partial charge in [0.25, 0.3) is 5.91 Å². The summed E-state index contributed by atoms with van der Waals surface area (Å²) in [4.78, 5) is 16.4. The summed E-state index contributed by atoms with van der Waals surface area (Å²) in [5, 5.41) is 18.0. The molecule has 0 bridgehead atoms. The minimum absolute atomic E-state index is 0.109. The first-order valence-electron chi connectivity index (χ1n) is 11.4. The van der Waals surface area contributed by atoms with Crippen LogP contribution in [0.25, 0.3) is 11.3 Å². The quantitative estimate of drug-likeness (QED) is 0.472. The Morgan fingerprint density at radius 3 is 2.19 bits per heavy atom. The van der Waals surface area contributed by atoms with Crippen molar-refractivity contribution in [2.45, 2.75) is 0 Å². The molecule has 1 aliphatic heterocycles. The zero-order valence-corrected chi connectivity index (χ0v) is 20.4. The molecule has 3 aromatic rings. The molecule has 2 heterocycles. The van der Waals surface area contributed by atoms with E-state index in [0.29, 0.717) is 60.4 Å². The van der Waals surface area contributed by atoms with E-state index in [1.54, 1.807) is 50.5 Å². The second-order valence-electron chi connectivity index (χ2n) is 7.96. The van der Waals surface area contributed by atoms with Crippen LogP contribution in [0.5, 0.6) is 23.0 Å². The molecule has 2 aromatic carbocycles. The molecule has 1 aliphatic rings. The zero-order valence-electron chi connectivity index (χ0n) is 20.4. The van der Waals surface area contributed by atoms with Crippen molar-refractivity contribution in [3.05, 3.63) is 54.1 Å². The molecular formula is C26H27N5O5. The van der Waals surface area contributed by atoms with Gasteiger partial charge in [-0.3, -0.25) is 4.79 Å². The normalized spacial score (nSPS) is 13.1. The van der Waals surface area contributed by atoms with E-state index >= 15 is 0 Å². The number of methoxy groups -OCH3 is 3. The first-order chi connectivity index (χ1) is 17.6. The number of rotatable bonds is 8. The number of anilines is 1. The van der Waals surface area contributed by atoms with Crippen molar-refractivity contribution < 1.29 is 23.7 Å². The minimum Gasteiger partial charge on any atom is -0.493 e.